The maximum atomic E-state index is 13.4. The Labute approximate surface area is 118 Å². The minimum atomic E-state index is -0.417. The van der Waals surface area contributed by atoms with Gasteiger partial charge in [-0.2, -0.15) is 0 Å². The molecule has 0 atom stereocenters. The Morgan fingerprint density at radius 2 is 2.15 bits per heavy atom. The van der Waals surface area contributed by atoms with E-state index in [0.29, 0.717) is 5.41 Å². The fourth-order valence-corrected chi connectivity index (χ4v) is 2.21. The van der Waals surface area contributed by atoms with Crippen LogP contribution in [0.2, 0.25) is 0 Å². The van der Waals surface area contributed by atoms with Crippen LogP contribution in [0.1, 0.15) is 19.3 Å². The van der Waals surface area contributed by atoms with Crippen LogP contribution in [0.4, 0.5) is 10.1 Å². The Kier molecular flexibility index (Phi) is 5.09. The molecule has 0 bridgehead atoms. The summed E-state index contributed by atoms with van der Waals surface area (Å²) in [5.74, 6) is -0.641. The van der Waals surface area contributed by atoms with E-state index in [4.69, 9.17) is 4.74 Å². The maximum Gasteiger partial charge on any atom is 0.238 e. The van der Waals surface area contributed by atoms with Gasteiger partial charge in [-0.15, -0.1) is 0 Å². The summed E-state index contributed by atoms with van der Waals surface area (Å²) < 4.78 is 18.5. The van der Waals surface area contributed by atoms with E-state index < -0.39 is 5.82 Å². The van der Waals surface area contributed by atoms with Crippen molar-refractivity contribution in [1.29, 1.82) is 0 Å². The van der Waals surface area contributed by atoms with E-state index in [1.54, 1.807) is 25.3 Å². The second-order valence-electron chi connectivity index (χ2n) is 5.37. The third-order valence-corrected chi connectivity index (χ3v) is 3.73. The average Bonchev–Trinajstić information content (AvgIpc) is 3.20. The van der Waals surface area contributed by atoms with Gasteiger partial charge in [0.15, 0.2) is 0 Å². The van der Waals surface area contributed by atoms with Crippen LogP contribution in [0, 0.1) is 11.2 Å². The molecule has 4 nitrogen and oxygen atoms in total. The highest BCUT2D eigenvalue weighted by atomic mass is 19.1. The molecule has 0 saturated heterocycles. The van der Waals surface area contributed by atoms with Crippen molar-refractivity contribution in [3.63, 3.8) is 0 Å². The Bertz CT molecular complexity index is 461. The number of halogens is 1. The molecule has 0 spiro atoms. The van der Waals surface area contributed by atoms with E-state index in [-0.39, 0.29) is 18.1 Å². The Balaban J connectivity index is 1.70. The van der Waals surface area contributed by atoms with Crippen LogP contribution >= 0.6 is 0 Å². The first-order valence-electron chi connectivity index (χ1n) is 6.89. The first-order chi connectivity index (χ1) is 9.65. The van der Waals surface area contributed by atoms with E-state index in [9.17, 15) is 9.18 Å². The molecule has 5 heteroatoms. The fraction of sp³-hybridized carbons (Fsp3) is 0.533. The molecule has 2 N–H and O–H groups in total. The van der Waals surface area contributed by atoms with Gasteiger partial charge in [0.1, 0.15) is 5.82 Å². The summed E-state index contributed by atoms with van der Waals surface area (Å²) in [5, 5.41) is 5.71. The van der Waals surface area contributed by atoms with Crippen LogP contribution < -0.4 is 10.6 Å². The molecule has 0 radical (unpaired) electrons. The van der Waals surface area contributed by atoms with Crippen molar-refractivity contribution in [2.75, 3.05) is 32.1 Å². The zero-order valence-corrected chi connectivity index (χ0v) is 11.7. The first kappa shape index (κ1) is 14.9. The quantitative estimate of drug-likeness (QED) is 0.767. The van der Waals surface area contributed by atoms with E-state index >= 15 is 0 Å². The monoisotopic (exact) mass is 280 g/mol. The van der Waals surface area contributed by atoms with Crippen molar-refractivity contribution in [2.24, 2.45) is 5.41 Å². The highest BCUT2D eigenvalue weighted by molar-refractivity contribution is 5.92. The van der Waals surface area contributed by atoms with E-state index in [2.05, 4.69) is 10.6 Å². The zero-order valence-electron chi connectivity index (χ0n) is 11.7. The number of amides is 1. The average molecular weight is 280 g/mol. The Morgan fingerprint density at radius 1 is 1.40 bits per heavy atom. The predicted octanol–water partition coefficient (Wildman–Crippen LogP) is 2.17. The SMILES string of the molecule is COCCC1(CNCC(=O)Nc2ccccc2F)CC1. The summed E-state index contributed by atoms with van der Waals surface area (Å²) in [5.41, 5.74) is 0.522. The maximum absolute atomic E-state index is 13.4. The number of benzene rings is 1. The smallest absolute Gasteiger partial charge is 0.238 e. The van der Waals surface area contributed by atoms with Crippen molar-refractivity contribution in [3.8, 4) is 0 Å². The van der Waals surface area contributed by atoms with Crippen molar-refractivity contribution in [3.05, 3.63) is 30.1 Å². The number of nitrogens with one attached hydrogen (secondary N) is 2. The molecule has 0 aromatic heterocycles. The Morgan fingerprint density at radius 3 is 2.80 bits per heavy atom. The molecule has 1 amide bonds. The number of hydrogen-bond donors (Lipinski definition) is 2. The molecule has 1 saturated carbocycles. The molecule has 0 unspecified atom stereocenters. The molecule has 0 aliphatic heterocycles. The van der Waals surface area contributed by atoms with E-state index in [1.807, 2.05) is 0 Å². The number of ether oxygens (including phenoxy) is 1. The van der Waals surface area contributed by atoms with E-state index in [0.717, 1.165) is 19.6 Å². The van der Waals surface area contributed by atoms with Crippen molar-refractivity contribution in [1.82, 2.24) is 5.32 Å². The van der Waals surface area contributed by atoms with Crippen LogP contribution in [-0.2, 0) is 9.53 Å². The first-order valence-corrected chi connectivity index (χ1v) is 6.89. The number of methoxy groups -OCH3 is 1. The van der Waals surface area contributed by atoms with Gasteiger partial charge in [0.25, 0.3) is 0 Å². The molecule has 0 heterocycles. The summed E-state index contributed by atoms with van der Waals surface area (Å²) >= 11 is 0. The van der Waals surface area contributed by atoms with Gasteiger partial charge in [-0.05, 0) is 36.8 Å². The highest BCUT2D eigenvalue weighted by Gasteiger charge is 2.41. The van der Waals surface area contributed by atoms with Crippen LogP contribution in [0.5, 0.6) is 0 Å². The molecule has 110 valence electrons. The van der Waals surface area contributed by atoms with Gasteiger partial charge in [0, 0.05) is 20.3 Å². The standard InChI is InChI=1S/C15H21FN2O2/c1-20-9-8-15(6-7-15)11-17-10-14(19)18-13-5-3-2-4-12(13)16/h2-5,17H,6-11H2,1H3,(H,18,19). The predicted molar refractivity (Wildman–Crippen MR) is 76.1 cm³/mol. The number of rotatable bonds is 8. The Hall–Kier alpha value is -1.46. The van der Waals surface area contributed by atoms with Gasteiger partial charge >= 0.3 is 0 Å². The van der Waals surface area contributed by atoms with Crippen LogP contribution in [0.25, 0.3) is 0 Å². The second kappa shape index (κ2) is 6.81. The van der Waals surface area contributed by atoms with Crippen LogP contribution in [-0.4, -0.2) is 32.7 Å². The molecule has 1 aliphatic carbocycles. The number of carbonyl (C=O) groups is 1. The minimum Gasteiger partial charge on any atom is -0.385 e. The summed E-state index contributed by atoms with van der Waals surface area (Å²) in [6.45, 7) is 1.76. The lowest BCUT2D eigenvalue weighted by Gasteiger charge is -2.15. The molecule has 1 aromatic carbocycles. The van der Waals surface area contributed by atoms with Crippen molar-refractivity contribution in [2.45, 2.75) is 19.3 Å². The van der Waals surface area contributed by atoms with E-state index in [1.165, 1.54) is 18.9 Å². The zero-order chi connectivity index (χ0) is 14.4. The molecule has 2 rings (SSSR count). The lowest BCUT2D eigenvalue weighted by Crippen LogP contribution is -2.33. The molecular formula is C15H21FN2O2. The second-order valence-corrected chi connectivity index (χ2v) is 5.37. The lowest BCUT2D eigenvalue weighted by molar-refractivity contribution is -0.115. The number of anilines is 1. The van der Waals surface area contributed by atoms with Gasteiger partial charge in [0.05, 0.1) is 12.2 Å². The summed E-state index contributed by atoms with van der Waals surface area (Å²) in [4.78, 5) is 11.7. The normalized spacial score (nSPS) is 15.9. The van der Waals surface area contributed by atoms with Gasteiger partial charge in [-0.25, -0.2) is 4.39 Å². The third kappa shape index (κ3) is 4.28. The topological polar surface area (TPSA) is 50.4 Å². The summed E-state index contributed by atoms with van der Waals surface area (Å²) in [7, 11) is 1.70. The van der Waals surface area contributed by atoms with Gasteiger partial charge in [-0.3, -0.25) is 4.79 Å². The van der Waals surface area contributed by atoms with Crippen molar-refractivity contribution < 1.29 is 13.9 Å². The van der Waals surface area contributed by atoms with Crippen LogP contribution in [0.3, 0.4) is 0 Å². The summed E-state index contributed by atoms with van der Waals surface area (Å²) in [6, 6.07) is 6.16. The van der Waals surface area contributed by atoms with Crippen LogP contribution in [0.15, 0.2) is 24.3 Å². The fourth-order valence-electron chi connectivity index (χ4n) is 2.21. The summed E-state index contributed by atoms with van der Waals surface area (Å²) in [6.07, 6.45) is 3.38. The largest absolute Gasteiger partial charge is 0.385 e. The number of hydrogen-bond acceptors (Lipinski definition) is 3. The van der Waals surface area contributed by atoms with Gasteiger partial charge in [-0.1, -0.05) is 12.1 Å². The van der Waals surface area contributed by atoms with Gasteiger partial charge in [0.2, 0.25) is 5.91 Å². The molecule has 1 fully saturated rings. The van der Waals surface area contributed by atoms with Gasteiger partial charge < -0.3 is 15.4 Å². The molecular weight excluding hydrogens is 259 g/mol. The molecule has 20 heavy (non-hydrogen) atoms. The third-order valence-electron chi connectivity index (χ3n) is 3.73. The molecule has 1 aromatic rings. The highest BCUT2D eigenvalue weighted by Crippen LogP contribution is 2.48. The molecule has 1 aliphatic rings. The minimum absolute atomic E-state index is 0.197. The van der Waals surface area contributed by atoms with Crippen molar-refractivity contribution >= 4 is 11.6 Å². The number of para-hydroxylation sites is 1. The number of carbonyl (C=O) groups excluding carboxylic acids is 1. The lowest BCUT2D eigenvalue weighted by atomic mass is 10.0.